The molecule has 0 spiro atoms. The molecule has 1 aliphatic heterocycles. The van der Waals surface area contributed by atoms with Gasteiger partial charge in [0, 0.05) is 43.3 Å². The van der Waals surface area contributed by atoms with Crippen molar-refractivity contribution in [3.05, 3.63) is 60.2 Å². The van der Waals surface area contributed by atoms with Crippen LogP contribution in [0.5, 0.6) is 5.75 Å². The number of pyridine rings is 1. The zero-order chi connectivity index (χ0) is 23.5. The van der Waals surface area contributed by atoms with Crippen molar-refractivity contribution < 1.29 is 9.53 Å². The standard InChI is InChI=1S/C28H34N4O2/c1-20-7-3-5-9-25(20)30-28(33)24-19-27(29-26-10-6-4-8-23(24)26)32-17-15-31(16-18-32)21-11-13-22(34-2)14-12-21/h4,6,8,10-14,19-20,25H,3,5,7,9,15-18H2,1-2H3,(H,30,33)/t20-,25-/m0/s1. The largest absolute Gasteiger partial charge is 0.497 e. The molecule has 1 saturated heterocycles. The molecule has 2 fully saturated rings. The Balaban J connectivity index is 1.35. The van der Waals surface area contributed by atoms with Crippen molar-refractivity contribution in [3.63, 3.8) is 0 Å². The lowest BCUT2D eigenvalue weighted by molar-refractivity contribution is 0.0912. The second kappa shape index (κ2) is 9.92. The Bertz CT molecular complexity index is 1140. The monoisotopic (exact) mass is 458 g/mol. The van der Waals surface area contributed by atoms with Gasteiger partial charge in [0.15, 0.2) is 0 Å². The van der Waals surface area contributed by atoms with Crippen LogP contribution in [-0.2, 0) is 0 Å². The number of amides is 1. The smallest absolute Gasteiger partial charge is 0.252 e. The normalized spacial score (nSPS) is 20.9. The third kappa shape index (κ3) is 4.67. The summed E-state index contributed by atoms with van der Waals surface area (Å²) in [6.45, 7) is 5.78. The number of para-hydroxylation sites is 1. The maximum absolute atomic E-state index is 13.4. The highest BCUT2D eigenvalue weighted by Crippen LogP contribution is 2.28. The molecule has 1 saturated carbocycles. The number of hydrogen-bond donors (Lipinski definition) is 1. The van der Waals surface area contributed by atoms with Gasteiger partial charge >= 0.3 is 0 Å². The summed E-state index contributed by atoms with van der Waals surface area (Å²) in [5.74, 6) is 2.30. The maximum Gasteiger partial charge on any atom is 0.252 e. The van der Waals surface area contributed by atoms with Crippen LogP contribution in [0.15, 0.2) is 54.6 Å². The van der Waals surface area contributed by atoms with E-state index in [0.29, 0.717) is 5.92 Å². The highest BCUT2D eigenvalue weighted by molar-refractivity contribution is 6.07. The predicted octanol–water partition coefficient (Wildman–Crippen LogP) is 4.88. The lowest BCUT2D eigenvalue weighted by Gasteiger charge is -2.37. The molecule has 1 N–H and O–H groups in total. The van der Waals surface area contributed by atoms with E-state index in [2.05, 4.69) is 34.2 Å². The zero-order valence-electron chi connectivity index (χ0n) is 20.2. The van der Waals surface area contributed by atoms with E-state index in [-0.39, 0.29) is 11.9 Å². The van der Waals surface area contributed by atoms with Crippen LogP contribution in [0.1, 0.15) is 43.0 Å². The van der Waals surface area contributed by atoms with Crippen LogP contribution in [0.4, 0.5) is 11.5 Å². The average molecular weight is 459 g/mol. The second-order valence-corrected chi connectivity index (χ2v) is 9.56. The van der Waals surface area contributed by atoms with Crippen molar-refractivity contribution in [1.82, 2.24) is 10.3 Å². The predicted molar refractivity (Wildman–Crippen MR) is 138 cm³/mol. The van der Waals surface area contributed by atoms with Crippen molar-refractivity contribution in [2.45, 2.75) is 38.6 Å². The Kier molecular flexibility index (Phi) is 6.57. The quantitative estimate of drug-likeness (QED) is 0.591. The van der Waals surface area contributed by atoms with E-state index in [1.165, 1.54) is 24.9 Å². The van der Waals surface area contributed by atoms with E-state index in [1.807, 2.05) is 42.5 Å². The molecular weight excluding hydrogens is 424 g/mol. The van der Waals surface area contributed by atoms with Gasteiger partial charge in [0.25, 0.3) is 5.91 Å². The van der Waals surface area contributed by atoms with Crippen LogP contribution < -0.4 is 19.9 Å². The number of anilines is 2. The summed E-state index contributed by atoms with van der Waals surface area (Å²) in [4.78, 5) is 23.0. The van der Waals surface area contributed by atoms with Gasteiger partial charge in [0.2, 0.25) is 0 Å². The minimum absolute atomic E-state index is 0.0236. The molecule has 2 heterocycles. The Morgan fingerprint density at radius 1 is 0.971 bits per heavy atom. The summed E-state index contributed by atoms with van der Waals surface area (Å²) in [5, 5.41) is 4.26. The van der Waals surface area contributed by atoms with Gasteiger partial charge in [-0.05, 0) is 55.2 Å². The van der Waals surface area contributed by atoms with Gasteiger partial charge in [-0.2, -0.15) is 0 Å². The lowest BCUT2D eigenvalue weighted by Crippen LogP contribution is -2.47. The Labute approximate surface area is 201 Å². The van der Waals surface area contributed by atoms with Crippen LogP contribution >= 0.6 is 0 Å². The van der Waals surface area contributed by atoms with Crippen molar-refractivity contribution in [1.29, 1.82) is 0 Å². The van der Waals surface area contributed by atoms with Gasteiger partial charge < -0.3 is 19.9 Å². The van der Waals surface area contributed by atoms with Crippen LogP contribution in [0, 0.1) is 5.92 Å². The molecule has 2 aliphatic rings. The SMILES string of the molecule is COc1ccc(N2CCN(c3cc(C(=O)N[C@H]4CCCC[C@@H]4C)c4ccccc4n3)CC2)cc1. The first-order valence-corrected chi connectivity index (χ1v) is 12.5. The summed E-state index contributed by atoms with van der Waals surface area (Å²) < 4.78 is 5.28. The minimum Gasteiger partial charge on any atom is -0.497 e. The molecule has 6 heteroatoms. The summed E-state index contributed by atoms with van der Waals surface area (Å²) in [5.41, 5.74) is 2.81. The third-order valence-electron chi connectivity index (χ3n) is 7.42. The number of carbonyl (C=O) groups excluding carboxylic acids is 1. The van der Waals surface area contributed by atoms with Gasteiger partial charge in [-0.1, -0.05) is 38.0 Å². The number of methoxy groups -OCH3 is 1. The number of piperazine rings is 1. The Morgan fingerprint density at radius 2 is 1.68 bits per heavy atom. The van der Waals surface area contributed by atoms with Gasteiger partial charge in [0.05, 0.1) is 18.2 Å². The molecule has 6 nitrogen and oxygen atoms in total. The summed E-state index contributed by atoms with van der Waals surface area (Å²) >= 11 is 0. The molecule has 3 aromatic rings. The fourth-order valence-corrected chi connectivity index (χ4v) is 5.27. The molecule has 1 aromatic heterocycles. The molecule has 0 bridgehead atoms. The number of carbonyl (C=O) groups is 1. The summed E-state index contributed by atoms with van der Waals surface area (Å²) in [6.07, 6.45) is 4.70. The lowest BCUT2D eigenvalue weighted by atomic mass is 9.86. The van der Waals surface area contributed by atoms with Crippen LogP contribution in [-0.4, -0.2) is 50.2 Å². The topological polar surface area (TPSA) is 57.7 Å². The van der Waals surface area contributed by atoms with E-state index in [0.717, 1.165) is 60.6 Å². The minimum atomic E-state index is 0.0236. The Morgan fingerprint density at radius 3 is 2.41 bits per heavy atom. The number of fused-ring (bicyclic) bond motifs is 1. The fourth-order valence-electron chi connectivity index (χ4n) is 5.27. The molecule has 1 amide bonds. The maximum atomic E-state index is 13.4. The molecule has 0 radical (unpaired) electrons. The first-order chi connectivity index (χ1) is 16.6. The van der Waals surface area contributed by atoms with Crippen molar-refractivity contribution in [3.8, 4) is 5.75 Å². The van der Waals surface area contributed by atoms with Crippen LogP contribution in [0.3, 0.4) is 0 Å². The molecule has 1 aliphatic carbocycles. The van der Waals surface area contributed by atoms with Crippen molar-refractivity contribution >= 4 is 28.3 Å². The summed E-state index contributed by atoms with van der Waals surface area (Å²) in [6, 6.07) is 18.5. The summed E-state index contributed by atoms with van der Waals surface area (Å²) in [7, 11) is 1.69. The molecule has 2 atom stereocenters. The molecule has 178 valence electrons. The second-order valence-electron chi connectivity index (χ2n) is 9.56. The van der Waals surface area contributed by atoms with Gasteiger partial charge in [-0.15, -0.1) is 0 Å². The van der Waals surface area contributed by atoms with Gasteiger partial charge in [-0.3, -0.25) is 4.79 Å². The number of aromatic nitrogens is 1. The molecule has 0 unspecified atom stereocenters. The number of rotatable bonds is 5. The first-order valence-electron chi connectivity index (χ1n) is 12.5. The number of ether oxygens (including phenoxy) is 1. The number of hydrogen-bond acceptors (Lipinski definition) is 5. The highest BCUT2D eigenvalue weighted by atomic mass is 16.5. The van der Waals surface area contributed by atoms with Crippen molar-refractivity contribution in [2.24, 2.45) is 5.92 Å². The fraction of sp³-hybridized carbons (Fsp3) is 0.429. The third-order valence-corrected chi connectivity index (χ3v) is 7.42. The van der Waals surface area contributed by atoms with E-state index in [1.54, 1.807) is 7.11 Å². The average Bonchev–Trinajstić information content (AvgIpc) is 2.89. The van der Waals surface area contributed by atoms with E-state index in [9.17, 15) is 4.79 Å². The van der Waals surface area contributed by atoms with Crippen molar-refractivity contribution in [2.75, 3.05) is 43.1 Å². The van der Waals surface area contributed by atoms with Gasteiger partial charge in [-0.25, -0.2) is 4.98 Å². The van der Waals surface area contributed by atoms with E-state index in [4.69, 9.17) is 9.72 Å². The van der Waals surface area contributed by atoms with Crippen LogP contribution in [0.2, 0.25) is 0 Å². The molecule has 34 heavy (non-hydrogen) atoms. The van der Waals surface area contributed by atoms with Crippen LogP contribution in [0.25, 0.3) is 10.9 Å². The number of nitrogens with zero attached hydrogens (tertiary/aromatic N) is 3. The molecule has 2 aromatic carbocycles. The zero-order valence-corrected chi connectivity index (χ0v) is 20.2. The molecular formula is C28H34N4O2. The molecule has 5 rings (SSSR count). The van der Waals surface area contributed by atoms with E-state index < -0.39 is 0 Å². The number of nitrogens with one attached hydrogen (secondary N) is 1. The number of benzene rings is 2. The first kappa shape index (κ1) is 22.5. The van der Waals surface area contributed by atoms with E-state index >= 15 is 0 Å². The highest BCUT2D eigenvalue weighted by Gasteiger charge is 2.25. The van der Waals surface area contributed by atoms with Gasteiger partial charge in [0.1, 0.15) is 11.6 Å². The Hall–Kier alpha value is -3.28.